The van der Waals surface area contributed by atoms with E-state index < -0.39 is 5.82 Å². The molecule has 2 nitrogen and oxygen atoms in total. The van der Waals surface area contributed by atoms with Crippen molar-refractivity contribution in [2.75, 3.05) is 0 Å². The Kier molecular flexibility index (Phi) is 3.77. The van der Waals surface area contributed by atoms with Crippen molar-refractivity contribution in [3.63, 3.8) is 0 Å². The van der Waals surface area contributed by atoms with Crippen LogP contribution in [0, 0.1) is 5.82 Å². The molecule has 0 fully saturated rings. The predicted octanol–water partition coefficient (Wildman–Crippen LogP) is 4.58. The summed E-state index contributed by atoms with van der Waals surface area (Å²) in [5.74, 6) is -0.126. The quantitative estimate of drug-likeness (QED) is 0.776. The van der Waals surface area contributed by atoms with Crippen molar-refractivity contribution < 1.29 is 13.9 Å². The van der Waals surface area contributed by atoms with Gasteiger partial charge in [0.15, 0.2) is 17.3 Å². The van der Waals surface area contributed by atoms with Gasteiger partial charge in [-0.1, -0.05) is 12.1 Å². The van der Waals surface area contributed by atoms with E-state index in [0.29, 0.717) is 11.3 Å². The van der Waals surface area contributed by atoms with Crippen LogP contribution in [0.3, 0.4) is 0 Å². The lowest BCUT2D eigenvalue weighted by Gasteiger charge is -2.08. The number of hydrogen-bond acceptors (Lipinski definition) is 2. The minimum absolute atomic E-state index is 0.0897. The molecule has 0 atom stereocenters. The lowest BCUT2D eigenvalue weighted by Crippen LogP contribution is -1.95. The Labute approximate surface area is 113 Å². The number of carbonyl (C=O) groups excluding carboxylic acids is 1. The zero-order valence-electron chi connectivity index (χ0n) is 9.61. The van der Waals surface area contributed by atoms with Crippen LogP contribution in [0.15, 0.2) is 46.9 Å². The standard InChI is InChI=1S/C14H10BrFO2/c1-9(17)10-6-7-14(12(16)8-10)18-13-5-3-2-4-11(13)15/h2-8H,1H3. The van der Waals surface area contributed by atoms with E-state index in [1.807, 2.05) is 6.07 Å². The van der Waals surface area contributed by atoms with Gasteiger partial charge < -0.3 is 4.74 Å². The molecule has 0 saturated carbocycles. The first-order valence-corrected chi connectivity index (χ1v) is 6.10. The molecule has 18 heavy (non-hydrogen) atoms. The van der Waals surface area contributed by atoms with Crippen molar-refractivity contribution in [2.45, 2.75) is 6.92 Å². The third kappa shape index (κ3) is 2.76. The molecule has 0 aliphatic rings. The summed E-state index contributed by atoms with van der Waals surface area (Å²) in [6.07, 6.45) is 0. The summed E-state index contributed by atoms with van der Waals surface area (Å²) in [5.41, 5.74) is 0.326. The third-order valence-electron chi connectivity index (χ3n) is 2.39. The van der Waals surface area contributed by atoms with E-state index in [0.717, 1.165) is 4.47 Å². The first kappa shape index (κ1) is 12.8. The summed E-state index contributed by atoms with van der Waals surface area (Å²) >= 11 is 3.31. The molecule has 0 radical (unpaired) electrons. The molecule has 0 bridgehead atoms. The predicted molar refractivity (Wildman–Crippen MR) is 70.6 cm³/mol. The van der Waals surface area contributed by atoms with Crippen molar-refractivity contribution in [1.82, 2.24) is 0 Å². The number of ketones is 1. The third-order valence-corrected chi connectivity index (χ3v) is 3.05. The Balaban J connectivity index is 2.30. The van der Waals surface area contributed by atoms with Gasteiger partial charge in [0.2, 0.25) is 0 Å². The van der Waals surface area contributed by atoms with Gasteiger partial charge in [0.1, 0.15) is 5.75 Å². The van der Waals surface area contributed by atoms with Gasteiger partial charge in [0.05, 0.1) is 4.47 Å². The maximum absolute atomic E-state index is 13.7. The van der Waals surface area contributed by atoms with Gasteiger partial charge in [-0.15, -0.1) is 0 Å². The average Bonchev–Trinajstić information content (AvgIpc) is 2.34. The Morgan fingerprint density at radius 3 is 2.50 bits per heavy atom. The van der Waals surface area contributed by atoms with Crippen molar-refractivity contribution >= 4 is 21.7 Å². The van der Waals surface area contributed by atoms with E-state index in [-0.39, 0.29) is 11.5 Å². The van der Waals surface area contributed by atoms with Gasteiger partial charge >= 0.3 is 0 Å². The zero-order valence-corrected chi connectivity index (χ0v) is 11.2. The Morgan fingerprint density at radius 2 is 1.89 bits per heavy atom. The number of halogens is 2. The minimum Gasteiger partial charge on any atom is -0.453 e. The first-order valence-electron chi connectivity index (χ1n) is 5.31. The highest BCUT2D eigenvalue weighted by Gasteiger charge is 2.09. The lowest BCUT2D eigenvalue weighted by atomic mass is 10.1. The van der Waals surface area contributed by atoms with Crippen LogP contribution in [-0.2, 0) is 0 Å². The molecule has 0 saturated heterocycles. The SMILES string of the molecule is CC(=O)c1ccc(Oc2ccccc2Br)c(F)c1. The van der Waals surface area contributed by atoms with Gasteiger partial charge in [0.25, 0.3) is 0 Å². The first-order chi connectivity index (χ1) is 8.58. The summed E-state index contributed by atoms with van der Waals surface area (Å²) < 4.78 is 19.9. The van der Waals surface area contributed by atoms with Crippen molar-refractivity contribution in [3.8, 4) is 11.5 Å². The number of para-hydroxylation sites is 1. The fourth-order valence-electron chi connectivity index (χ4n) is 1.45. The zero-order chi connectivity index (χ0) is 13.1. The van der Waals surface area contributed by atoms with E-state index in [1.165, 1.54) is 25.1 Å². The number of ether oxygens (including phenoxy) is 1. The van der Waals surface area contributed by atoms with Crippen molar-refractivity contribution in [3.05, 3.63) is 58.3 Å². The van der Waals surface area contributed by atoms with E-state index in [9.17, 15) is 9.18 Å². The molecule has 0 spiro atoms. The summed E-state index contributed by atoms with van der Waals surface area (Å²) in [5, 5.41) is 0. The monoisotopic (exact) mass is 308 g/mol. The van der Waals surface area contributed by atoms with Crippen molar-refractivity contribution in [2.24, 2.45) is 0 Å². The van der Waals surface area contributed by atoms with Crippen LogP contribution >= 0.6 is 15.9 Å². The van der Waals surface area contributed by atoms with Crippen LogP contribution in [0.5, 0.6) is 11.5 Å². The smallest absolute Gasteiger partial charge is 0.166 e. The molecule has 0 unspecified atom stereocenters. The van der Waals surface area contributed by atoms with E-state index in [2.05, 4.69) is 15.9 Å². The summed E-state index contributed by atoms with van der Waals surface area (Å²) in [7, 11) is 0. The van der Waals surface area contributed by atoms with Crippen molar-refractivity contribution in [1.29, 1.82) is 0 Å². The molecule has 0 aliphatic carbocycles. The van der Waals surface area contributed by atoms with Gasteiger partial charge in [0, 0.05) is 5.56 Å². The van der Waals surface area contributed by atoms with Crippen LogP contribution in [0.2, 0.25) is 0 Å². The second kappa shape index (κ2) is 5.31. The largest absolute Gasteiger partial charge is 0.453 e. The van der Waals surface area contributed by atoms with Gasteiger partial charge in [-0.05, 0) is 53.2 Å². The molecule has 4 heteroatoms. The van der Waals surface area contributed by atoms with Crippen LogP contribution in [-0.4, -0.2) is 5.78 Å². The Morgan fingerprint density at radius 1 is 1.17 bits per heavy atom. The highest BCUT2D eigenvalue weighted by atomic mass is 79.9. The highest BCUT2D eigenvalue weighted by Crippen LogP contribution is 2.30. The number of carbonyl (C=O) groups is 1. The normalized spacial score (nSPS) is 10.2. The molecular weight excluding hydrogens is 299 g/mol. The molecule has 0 N–H and O–H groups in total. The minimum atomic E-state index is -0.557. The van der Waals surface area contributed by atoms with E-state index in [4.69, 9.17) is 4.74 Å². The second-order valence-corrected chi connectivity index (χ2v) is 4.59. The molecule has 2 rings (SSSR count). The number of benzene rings is 2. The maximum atomic E-state index is 13.7. The van der Waals surface area contributed by atoms with Crippen LogP contribution in [0.4, 0.5) is 4.39 Å². The molecule has 0 heterocycles. The fourth-order valence-corrected chi connectivity index (χ4v) is 1.81. The fraction of sp³-hybridized carbons (Fsp3) is 0.0714. The van der Waals surface area contributed by atoms with Gasteiger partial charge in [-0.2, -0.15) is 0 Å². The average molecular weight is 309 g/mol. The molecule has 0 aromatic heterocycles. The number of rotatable bonds is 3. The lowest BCUT2D eigenvalue weighted by molar-refractivity contribution is 0.101. The van der Waals surface area contributed by atoms with Gasteiger partial charge in [-0.25, -0.2) is 4.39 Å². The summed E-state index contributed by atoms with van der Waals surface area (Å²) in [6, 6.07) is 11.3. The highest BCUT2D eigenvalue weighted by molar-refractivity contribution is 9.10. The molecule has 2 aromatic carbocycles. The number of Topliss-reactive ketones (excluding diaryl/α,β-unsaturated/α-hetero) is 1. The van der Waals surface area contributed by atoms with Crippen LogP contribution < -0.4 is 4.74 Å². The maximum Gasteiger partial charge on any atom is 0.166 e. The number of hydrogen-bond donors (Lipinski definition) is 0. The Hall–Kier alpha value is -1.68. The van der Waals surface area contributed by atoms with E-state index >= 15 is 0 Å². The van der Waals surface area contributed by atoms with Crippen LogP contribution in [0.1, 0.15) is 17.3 Å². The Bertz CT molecular complexity index is 596. The molecular formula is C14H10BrFO2. The summed E-state index contributed by atoms with van der Waals surface area (Å²) in [4.78, 5) is 11.1. The molecule has 0 amide bonds. The van der Waals surface area contributed by atoms with E-state index in [1.54, 1.807) is 18.2 Å². The summed E-state index contributed by atoms with van der Waals surface area (Å²) in [6.45, 7) is 1.39. The molecule has 92 valence electrons. The topological polar surface area (TPSA) is 26.3 Å². The van der Waals surface area contributed by atoms with Gasteiger partial charge in [-0.3, -0.25) is 4.79 Å². The molecule has 0 aliphatic heterocycles. The second-order valence-electron chi connectivity index (χ2n) is 3.73. The molecule has 2 aromatic rings. The van der Waals surface area contributed by atoms with Crippen LogP contribution in [0.25, 0.3) is 0 Å².